The number of carboxylic acids is 1. The summed E-state index contributed by atoms with van der Waals surface area (Å²) in [5.41, 5.74) is 3.04. The van der Waals surface area contributed by atoms with Crippen LogP contribution in [0.5, 0.6) is 0 Å². The van der Waals surface area contributed by atoms with Gasteiger partial charge in [0.1, 0.15) is 5.76 Å². The zero-order chi connectivity index (χ0) is 16.4. The zero-order valence-electron chi connectivity index (χ0n) is 13.6. The molecule has 0 amide bonds. The van der Waals surface area contributed by atoms with E-state index in [4.69, 9.17) is 4.42 Å². The van der Waals surface area contributed by atoms with Gasteiger partial charge < -0.3 is 9.52 Å². The molecule has 1 aromatic carbocycles. The predicted octanol–water partition coefficient (Wildman–Crippen LogP) is 3.26. The normalized spacial score (nSPS) is 19.0. The zero-order valence-corrected chi connectivity index (χ0v) is 13.6. The summed E-state index contributed by atoms with van der Waals surface area (Å²) in [6.07, 6.45) is 1.68. The third-order valence-electron chi connectivity index (χ3n) is 4.39. The van der Waals surface area contributed by atoms with E-state index in [9.17, 15) is 9.90 Å². The van der Waals surface area contributed by atoms with Crippen molar-refractivity contribution in [2.45, 2.75) is 33.2 Å². The minimum Gasteiger partial charge on any atom is -0.481 e. The molecule has 1 aliphatic heterocycles. The number of likely N-dealkylation sites (tertiary alicyclic amines) is 1. The summed E-state index contributed by atoms with van der Waals surface area (Å²) in [6, 6.07) is 8.08. The number of carbonyl (C=O) groups is 1. The van der Waals surface area contributed by atoms with Crippen molar-refractivity contribution in [3.05, 3.63) is 41.3 Å². The number of aromatic nitrogens is 1. The Labute approximate surface area is 135 Å². The lowest BCUT2D eigenvalue weighted by atomic mass is 9.98. The maximum absolute atomic E-state index is 11.2. The van der Waals surface area contributed by atoms with E-state index in [-0.39, 0.29) is 5.92 Å². The van der Waals surface area contributed by atoms with E-state index in [1.54, 1.807) is 0 Å². The number of benzene rings is 1. The molecule has 2 heterocycles. The molecule has 1 aromatic heterocycles. The number of aliphatic carboxylic acids is 1. The van der Waals surface area contributed by atoms with Gasteiger partial charge >= 0.3 is 5.97 Å². The van der Waals surface area contributed by atoms with Gasteiger partial charge in [-0.25, -0.2) is 4.98 Å². The number of rotatable bonds is 4. The quantitative estimate of drug-likeness (QED) is 0.938. The summed E-state index contributed by atoms with van der Waals surface area (Å²) in [5, 5.41) is 9.19. The van der Waals surface area contributed by atoms with Gasteiger partial charge in [0.25, 0.3) is 0 Å². The summed E-state index contributed by atoms with van der Waals surface area (Å²) in [6.45, 7) is 6.10. The maximum Gasteiger partial charge on any atom is 0.307 e. The smallest absolute Gasteiger partial charge is 0.307 e. The Balaban J connectivity index is 1.75. The molecule has 1 unspecified atom stereocenters. The molecule has 1 aliphatic rings. The Morgan fingerprint density at radius 2 is 2.26 bits per heavy atom. The highest BCUT2D eigenvalue weighted by Crippen LogP contribution is 2.25. The minimum absolute atomic E-state index is 0.271. The first kappa shape index (κ1) is 15.7. The fourth-order valence-electron chi connectivity index (χ4n) is 3.09. The van der Waals surface area contributed by atoms with Crippen LogP contribution in [0.2, 0.25) is 0 Å². The van der Waals surface area contributed by atoms with Crippen LogP contribution in [0.15, 0.2) is 28.7 Å². The fourth-order valence-corrected chi connectivity index (χ4v) is 3.09. The lowest BCUT2D eigenvalue weighted by Gasteiger charge is -2.29. The lowest BCUT2D eigenvalue weighted by molar-refractivity contribution is -0.143. The highest BCUT2D eigenvalue weighted by molar-refractivity contribution is 5.70. The van der Waals surface area contributed by atoms with Crippen LogP contribution < -0.4 is 0 Å². The van der Waals surface area contributed by atoms with Gasteiger partial charge in [0, 0.05) is 18.7 Å². The minimum atomic E-state index is -0.702. The van der Waals surface area contributed by atoms with Crippen LogP contribution in [0.25, 0.3) is 11.5 Å². The molecule has 1 saturated heterocycles. The molecule has 23 heavy (non-hydrogen) atoms. The Morgan fingerprint density at radius 3 is 3.00 bits per heavy atom. The molecule has 5 nitrogen and oxygen atoms in total. The van der Waals surface area contributed by atoms with Crippen LogP contribution in [0, 0.1) is 19.8 Å². The number of aryl methyl sites for hydroxylation is 2. The molecule has 0 aliphatic carbocycles. The number of oxazole rings is 1. The largest absolute Gasteiger partial charge is 0.481 e. The van der Waals surface area contributed by atoms with Crippen molar-refractivity contribution >= 4 is 5.97 Å². The van der Waals surface area contributed by atoms with Gasteiger partial charge in [-0.3, -0.25) is 9.69 Å². The number of carboxylic acid groups (broad SMARTS) is 1. The van der Waals surface area contributed by atoms with Crippen LogP contribution in [0.3, 0.4) is 0 Å². The van der Waals surface area contributed by atoms with Gasteiger partial charge in [-0.1, -0.05) is 17.7 Å². The van der Waals surface area contributed by atoms with E-state index in [0.717, 1.165) is 36.4 Å². The first-order valence-electron chi connectivity index (χ1n) is 8.01. The molecule has 2 aromatic rings. The second-order valence-electron chi connectivity index (χ2n) is 6.30. The molecular formula is C18H22N2O3. The lowest BCUT2D eigenvalue weighted by Crippen LogP contribution is -2.38. The number of hydrogen-bond donors (Lipinski definition) is 1. The highest BCUT2D eigenvalue weighted by atomic mass is 16.4. The molecule has 3 rings (SSSR count). The van der Waals surface area contributed by atoms with Crippen LogP contribution >= 0.6 is 0 Å². The summed E-state index contributed by atoms with van der Waals surface area (Å²) >= 11 is 0. The van der Waals surface area contributed by atoms with E-state index >= 15 is 0 Å². The average molecular weight is 314 g/mol. The van der Waals surface area contributed by atoms with Gasteiger partial charge in [0.05, 0.1) is 11.6 Å². The van der Waals surface area contributed by atoms with E-state index in [1.807, 2.05) is 32.0 Å². The monoisotopic (exact) mass is 314 g/mol. The Hall–Kier alpha value is -2.14. The van der Waals surface area contributed by atoms with Gasteiger partial charge in [-0.15, -0.1) is 0 Å². The highest BCUT2D eigenvalue weighted by Gasteiger charge is 2.26. The van der Waals surface area contributed by atoms with Gasteiger partial charge in [0.2, 0.25) is 5.89 Å². The molecule has 1 atom stereocenters. The molecule has 1 fully saturated rings. The summed E-state index contributed by atoms with van der Waals surface area (Å²) in [7, 11) is 0. The maximum atomic E-state index is 11.2. The van der Waals surface area contributed by atoms with Gasteiger partial charge in [0.15, 0.2) is 0 Å². The van der Waals surface area contributed by atoms with E-state index in [2.05, 4.69) is 16.0 Å². The third kappa shape index (κ3) is 3.62. The molecule has 0 spiro atoms. The van der Waals surface area contributed by atoms with E-state index in [0.29, 0.717) is 19.0 Å². The van der Waals surface area contributed by atoms with Crippen LogP contribution in [0.4, 0.5) is 0 Å². The molecule has 1 N–H and O–H groups in total. The van der Waals surface area contributed by atoms with Crippen molar-refractivity contribution in [3.8, 4) is 11.5 Å². The van der Waals surface area contributed by atoms with Gasteiger partial charge in [-0.05, 0) is 45.4 Å². The van der Waals surface area contributed by atoms with Crippen molar-refractivity contribution < 1.29 is 14.3 Å². The van der Waals surface area contributed by atoms with Crippen LogP contribution in [-0.2, 0) is 11.3 Å². The van der Waals surface area contributed by atoms with Crippen LogP contribution in [0.1, 0.15) is 29.9 Å². The second kappa shape index (κ2) is 6.54. The molecule has 0 saturated carbocycles. The predicted molar refractivity (Wildman–Crippen MR) is 87.0 cm³/mol. The standard InChI is InChI=1S/C18H22N2O3/c1-12-5-3-6-14(9-12)17-19-16(13(2)23-17)11-20-8-4-7-15(10-20)18(21)22/h3,5-6,9,15H,4,7-8,10-11H2,1-2H3,(H,21,22). The summed E-state index contributed by atoms with van der Waals surface area (Å²) < 4.78 is 5.82. The van der Waals surface area contributed by atoms with Crippen molar-refractivity contribution in [3.63, 3.8) is 0 Å². The number of hydrogen-bond acceptors (Lipinski definition) is 4. The molecular weight excluding hydrogens is 292 g/mol. The summed E-state index contributed by atoms with van der Waals surface area (Å²) in [4.78, 5) is 18.0. The topological polar surface area (TPSA) is 66.6 Å². The van der Waals surface area contributed by atoms with Crippen molar-refractivity contribution in [1.29, 1.82) is 0 Å². The van der Waals surface area contributed by atoms with Crippen molar-refractivity contribution in [1.82, 2.24) is 9.88 Å². The first-order valence-corrected chi connectivity index (χ1v) is 8.01. The Kier molecular flexibility index (Phi) is 4.48. The molecule has 5 heteroatoms. The summed E-state index contributed by atoms with van der Waals surface area (Å²) in [5.74, 6) is 0.464. The number of nitrogens with zero attached hydrogens (tertiary/aromatic N) is 2. The van der Waals surface area contributed by atoms with E-state index < -0.39 is 5.97 Å². The van der Waals surface area contributed by atoms with Gasteiger partial charge in [-0.2, -0.15) is 0 Å². The molecule has 122 valence electrons. The molecule has 0 bridgehead atoms. The Morgan fingerprint density at radius 1 is 1.43 bits per heavy atom. The van der Waals surface area contributed by atoms with E-state index in [1.165, 1.54) is 5.56 Å². The first-order chi connectivity index (χ1) is 11.0. The Bertz CT molecular complexity index is 708. The number of piperidine rings is 1. The second-order valence-corrected chi connectivity index (χ2v) is 6.30. The fraction of sp³-hybridized carbons (Fsp3) is 0.444. The third-order valence-corrected chi connectivity index (χ3v) is 4.39. The van der Waals surface area contributed by atoms with Crippen LogP contribution in [-0.4, -0.2) is 34.0 Å². The average Bonchev–Trinajstić information content (AvgIpc) is 2.89. The molecule has 0 radical (unpaired) electrons. The van der Waals surface area contributed by atoms with Crippen molar-refractivity contribution in [2.75, 3.05) is 13.1 Å². The SMILES string of the molecule is Cc1cccc(-c2nc(CN3CCCC(C(=O)O)C3)c(C)o2)c1. The van der Waals surface area contributed by atoms with Crippen molar-refractivity contribution in [2.24, 2.45) is 5.92 Å².